The topological polar surface area (TPSA) is 63.2 Å². The van der Waals surface area contributed by atoms with E-state index in [1.165, 1.54) is 12.8 Å². The highest BCUT2D eigenvalue weighted by atomic mass is 35.5. The molecule has 0 radical (unpaired) electrons. The van der Waals surface area contributed by atoms with E-state index in [-0.39, 0.29) is 11.4 Å². The summed E-state index contributed by atoms with van der Waals surface area (Å²) in [7, 11) is 0. The number of hydrogen-bond donors (Lipinski definition) is 1. The average molecular weight is 284 g/mol. The first-order chi connectivity index (χ1) is 9.31. The molecular formula is C12H18ClN5O. The van der Waals surface area contributed by atoms with E-state index in [2.05, 4.69) is 25.2 Å². The molecule has 6 nitrogen and oxygen atoms in total. The summed E-state index contributed by atoms with van der Waals surface area (Å²) in [6.45, 7) is 3.56. The number of ether oxygens (including phenoxy) is 1. The van der Waals surface area contributed by atoms with Crippen molar-refractivity contribution >= 4 is 23.5 Å². The molecular weight excluding hydrogens is 266 g/mol. The van der Waals surface area contributed by atoms with Crippen molar-refractivity contribution in [1.29, 1.82) is 0 Å². The van der Waals surface area contributed by atoms with Gasteiger partial charge in [0.25, 0.3) is 0 Å². The summed E-state index contributed by atoms with van der Waals surface area (Å²) in [5.74, 6) is 1.21. The summed E-state index contributed by atoms with van der Waals surface area (Å²) >= 11 is 5.96. The maximum atomic E-state index is 5.96. The van der Waals surface area contributed by atoms with Crippen molar-refractivity contribution in [2.75, 3.05) is 36.5 Å². The Labute approximate surface area is 117 Å². The Balaban J connectivity index is 1.66. The quantitative estimate of drug-likeness (QED) is 0.908. The Morgan fingerprint density at radius 2 is 2.05 bits per heavy atom. The minimum atomic E-state index is 0.242. The summed E-state index contributed by atoms with van der Waals surface area (Å²) in [6.07, 6.45) is 4.84. The number of halogens is 1. The first kappa shape index (κ1) is 12.9. The molecule has 0 aliphatic carbocycles. The molecule has 0 saturated carbocycles. The lowest BCUT2D eigenvalue weighted by Gasteiger charge is -2.16. The normalized spacial score (nSPS) is 23.0. The maximum absolute atomic E-state index is 5.96. The molecule has 2 aliphatic rings. The average Bonchev–Trinajstić information content (AvgIpc) is 3.09. The number of hydrogen-bond acceptors (Lipinski definition) is 6. The van der Waals surface area contributed by atoms with Crippen LogP contribution in [0.5, 0.6) is 0 Å². The minimum absolute atomic E-state index is 0.242. The fourth-order valence-corrected chi connectivity index (χ4v) is 2.64. The lowest BCUT2D eigenvalue weighted by atomic mass is 10.2. The maximum Gasteiger partial charge on any atom is 0.231 e. The number of aromatic nitrogens is 3. The molecule has 1 aromatic rings. The molecule has 2 saturated heterocycles. The van der Waals surface area contributed by atoms with E-state index in [1.807, 2.05) is 0 Å². The molecule has 0 bridgehead atoms. The van der Waals surface area contributed by atoms with E-state index < -0.39 is 0 Å². The predicted octanol–water partition coefficient (Wildman–Crippen LogP) is 1.72. The Bertz CT molecular complexity index is 432. The molecule has 3 heterocycles. The van der Waals surface area contributed by atoms with Crippen LogP contribution in [0.3, 0.4) is 0 Å². The lowest BCUT2D eigenvalue weighted by Crippen LogP contribution is -2.23. The number of rotatable bonds is 4. The second kappa shape index (κ2) is 5.88. The SMILES string of the molecule is Clc1nc(NCC2CCCO2)nc(N2CCCC2)n1. The monoisotopic (exact) mass is 283 g/mol. The van der Waals surface area contributed by atoms with Crippen LogP contribution in [0.25, 0.3) is 0 Å². The largest absolute Gasteiger partial charge is 0.376 e. The van der Waals surface area contributed by atoms with Crippen LogP contribution >= 0.6 is 11.6 Å². The van der Waals surface area contributed by atoms with Crippen molar-refractivity contribution in [1.82, 2.24) is 15.0 Å². The zero-order chi connectivity index (χ0) is 13.1. The fraction of sp³-hybridized carbons (Fsp3) is 0.750. The molecule has 1 unspecified atom stereocenters. The van der Waals surface area contributed by atoms with Crippen molar-refractivity contribution in [2.24, 2.45) is 0 Å². The van der Waals surface area contributed by atoms with Gasteiger partial charge in [0.2, 0.25) is 17.2 Å². The highest BCUT2D eigenvalue weighted by Gasteiger charge is 2.18. The predicted molar refractivity (Wildman–Crippen MR) is 73.7 cm³/mol. The summed E-state index contributed by atoms with van der Waals surface area (Å²) in [5.41, 5.74) is 0. The molecule has 0 spiro atoms. The summed E-state index contributed by atoms with van der Waals surface area (Å²) in [6, 6.07) is 0. The highest BCUT2D eigenvalue weighted by Crippen LogP contribution is 2.19. The Morgan fingerprint density at radius 3 is 2.79 bits per heavy atom. The van der Waals surface area contributed by atoms with Gasteiger partial charge >= 0.3 is 0 Å². The zero-order valence-electron chi connectivity index (χ0n) is 10.8. The van der Waals surface area contributed by atoms with Gasteiger partial charge < -0.3 is 15.0 Å². The van der Waals surface area contributed by atoms with Crippen LogP contribution in [0.15, 0.2) is 0 Å². The molecule has 104 valence electrons. The second-order valence-corrected chi connectivity index (χ2v) is 5.28. The van der Waals surface area contributed by atoms with Gasteiger partial charge in [-0.3, -0.25) is 0 Å². The molecule has 1 N–H and O–H groups in total. The molecule has 7 heteroatoms. The minimum Gasteiger partial charge on any atom is -0.376 e. The molecule has 3 rings (SSSR count). The van der Waals surface area contributed by atoms with Crippen LogP contribution in [0.4, 0.5) is 11.9 Å². The van der Waals surface area contributed by atoms with Crippen molar-refractivity contribution in [2.45, 2.75) is 31.8 Å². The summed E-state index contributed by atoms with van der Waals surface area (Å²) < 4.78 is 5.56. The van der Waals surface area contributed by atoms with Crippen molar-refractivity contribution in [3.05, 3.63) is 5.28 Å². The zero-order valence-corrected chi connectivity index (χ0v) is 11.6. The van der Waals surface area contributed by atoms with E-state index >= 15 is 0 Å². The second-order valence-electron chi connectivity index (χ2n) is 4.94. The third-order valence-electron chi connectivity index (χ3n) is 3.50. The number of nitrogens with zero attached hydrogens (tertiary/aromatic N) is 4. The van der Waals surface area contributed by atoms with Crippen molar-refractivity contribution in [3.8, 4) is 0 Å². The van der Waals surface area contributed by atoms with Gasteiger partial charge in [0.1, 0.15) is 0 Å². The summed E-state index contributed by atoms with van der Waals surface area (Å²) in [4.78, 5) is 14.9. The molecule has 2 fully saturated rings. The Kier molecular flexibility index (Phi) is 3.98. The van der Waals surface area contributed by atoms with E-state index in [4.69, 9.17) is 16.3 Å². The van der Waals surface area contributed by atoms with Crippen molar-refractivity contribution in [3.63, 3.8) is 0 Å². The third kappa shape index (κ3) is 3.25. The van der Waals surface area contributed by atoms with Gasteiger partial charge in [-0.15, -0.1) is 0 Å². The molecule has 1 atom stereocenters. The molecule has 0 aromatic carbocycles. The van der Waals surface area contributed by atoms with Crippen LogP contribution in [0, 0.1) is 0 Å². The Morgan fingerprint density at radius 1 is 1.21 bits per heavy atom. The Hall–Kier alpha value is -1.14. The van der Waals surface area contributed by atoms with Gasteiger partial charge in [-0.2, -0.15) is 15.0 Å². The van der Waals surface area contributed by atoms with Crippen LogP contribution in [0.2, 0.25) is 5.28 Å². The van der Waals surface area contributed by atoms with E-state index in [0.717, 1.165) is 39.1 Å². The smallest absolute Gasteiger partial charge is 0.231 e. The lowest BCUT2D eigenvalue weighted by molar-refractivity contribution is 0.120. The third-order valence-corrected chi connectivity index (χ3v) is 3.67. The van der Waals surface area contributed by atoms with Crippen LogP contribution < -0.4 is 10.2 Å². The van der Waals surface area contributed by atoms with Gasteiger partial charge in [-0.05, 0) is 37.3 Å². The molecule has 1 aromatic heterocycles. The first-order valence-corrected chi connectivity index (χ1v) is 7.21. The van der Waals surface area contributed by atoms with E-state index in [9.17, 15) is 0 Å². The van der Waals surface area contributed by atoms with Gasteiger partial charge in [0.05, 0.1) is 6.10 Å². The number of anilines is 2. The van der Waals surface area contributed by atoms with Crippen LogP contribution in [-0.2, 0) is 4.74 Å². The molecule has 0 amide bonds. The summed E-state index contributed by atoms with van der Waals surface area (Å²) in [5, 5.41) is 3.44. The number of nitrogens with one attached hydrogen (secondary N) is 1. The first-order valence-electron chi connectivity index (χ1n) is 6.83. The van der Waals surface area contributed by atoms with Gasteiger partial charge in [-0.1, -0.05) is 0 Å². The van der Waals surface area contributed by atoms with Crippen LogP contribution in [-0.4, -0.2) is 47.3 Å². The van der Waals surface area contributed by atoms with E-state index in [0.29, 0.717) is 11.9 Å². The fourth-order valence-electron chi connectivity index (χ4n) is 2.49. The molecule has 2 aliphatic heterocycles. The highest BCUT2D eigenvalue weighted by molar-refractivity contribution is 6.28. The molecule has 19 heavy (non-hydrogen) atoms. The standard InChI is InChI=1S/C12H18ClN5O/c13-10-15-11(14-8-9-4-3-7-19-9)17-12(16-10)18-5-1-2-6-18/h9H,1-8H2,(H,14,15,16,17). The van der Waals surface area contributed by atoms with E-state index in [1.54, 1.807) is 0 Å². The van der Waals surface area contributed by atoms with Gasteiger partial charge in [0.15, 0.2) is 0 Å². The van der Waals surface area contributed by atoms with Gasteiger partial charge in [0, 0.05) is 26.2 Å². The van der Waals surface area contributed by atoms with Crippen LogP contribution in [0.1, 0.15) is 25.7 Å². The van der Waals surface area contributed by atoms with Crippen molar-refractivity contribution < 1.29 is 4.74 Å². The van der Waals surface area contributed by atoms with Gasteiger partial charge in [-0.25, -0.2) is 0 Å².